The molecule has 3 aromatic carbocycles. The van der Waals surface area contributed by atoms with E-state index in [9.17, 15) is 13.2 Å². The molecule has 3 aromatic rings. The number of benzene rings is 3. The predicted octanol–water partition coefficient (Wildman–Crippen LogP) is 3.92. The summed E-state index contributed by atoms with van der Waals surface area (Å²) in [7, 11) is -2.62. The van der Waals surface area contributed by atoms with Crippen LogP contribution in [0.4, 0.5) is 11.4 Å². The van der Waals surface area contributed by atoms with Crippen LogP contribution in [0, 0.1) is 13.8 Å². The molecule has 0 aliphatic carbocycles. The second-order valence-electron chi connectivity index (χ2n) is 7.91. The van der Waals surface area contributed by atoms with E-state index >= 15 is 0 Å². The van der Waals surface area contributed by atoms with Gasteiger partial charge in [-0.2, -0.15) is 0 Å². The van der Waals surface area contributed by atoms with Crippen LogP contribution in [0.2, 0.25) is 0 Å². The minimum absolute atomic E-state index is 0.0776. The molecule has 0 saturated carbocycles. The van der Waals surface area contributed by atoms with E-state index in [0.29, 0.717) is 36.1 Å². The molecule has 0 radical (unpaired) electrons. The number of methoxy groups -OCH3 is 1. The molecule has 1 aliphatic rings. The Labute approximate surface area is 199 Å². The summed E-state index contributed by atoms with van der Waals surface area (Å²) >= 11 is 0. The van der Waals surface area contributed by atoms with Crippen LogP contribution in [0.3, 0.4) is 0 Å². The van der Waals surface area contributed by atoms with Gasteiger partial charge in [-0.3, -0.25) is 9.10 Å². The van der Waals surface area contributed by atoms with Crippen molar-refractivity contribution in [3.63, 3.8) is 0 Å². The molecule has 0 unspecified atom stereocenters. The van der Waals surface area contributed by atoms with E-state index < -0.39 is 22.5 Å². The van der Waals surface area contributed by atoms with E-state index in [1.807, 2.05) is 19.9 Å². The molecule has 0 spiro atoms. The Morgan fingerprint density at radius 1 is 0.941 bits per heavy atom. The Bertz CT molecular complexity index is 1310. The minimum atomic E-state index is -4.07. The molecule has 1 amide bonds. The van der Waals surface area contributed by atoms with Crippen LogP contribution in [-0.4, -0.2) is 41.2 Å². The van der Waals surface area contributed by atoms with E-state index in [4.69, 9.17) is 14.2 Å². The van der Waals surface area contributed by atoms with Gasteiger partial charge in [0.05, 0.1) is 17.7 Å². The fourth-order valence-electron chi connectivity index (χ4n) is 3.58. The molecule has 178 valence electrons. The van der Waals surface area contributed by atoms with Gasteiger partial charge >= 0.3 is 0 Å². The zero-order chi connectivity index (χ0) is 24.3. The van der Waals surface area contributed by atoms with Crippen molar-refractivity contribution in [2.45, 2.75) is 18.7 Å². The summed E-state index contributed by atoms with van der Waals surface area (Å²) in [6, 6.07) is 16.7. The highest BCUT2D eigenvalue weighted by Gasteiger charge is 2.30. The van der Waals surface area contributed by atoms with Crippen molar-refractivity contribution >= 4 is 27.3 Å². The summed E-state index contributed by atoms with van der Waals surface area (Å²) in [6.45, 7) is 4.14. The Kier molecular flexibility index (Phi) is 6.65. The third-order valence-corrected chi connectivity index (χ3v) is 7.10. The van der Waals surface area contributed by atoms with Gasteiger partial charge in [0.25, 0.3) is 10.0 Å². The first-order valence-electron chi connectivity index (χ1n) is 10.7. The summed E-state index contributed by atoms with van der Waals surface area (Å²) in [4.78, 5) is 13.1. The topological polar surface area (TPSA) is 94.2 Å². The van der Waals surface area contributed by atoms with Crippen LogP contribution in [0.25, 0.3) is 0 Å². The van der Waals surface area contributed by atoms with Crippen LogP contribution in [0.1, 0.15) is 11.1 Å². The lowest BCUT2D eigenvalue weighted by Crippen LogP contribution is -2.38. The Balaban J connectivity index is 1.68. The molecule has 0 aromatic heterocycles. The fraction of sp³-hybridized carbons (Fsp3) is 0.240. The standard InChI is InChI=1S/C25H26N2O6S/c1-17-4-8-20(9-5-17)34(29,30)27(21-14-18(2)6-10-22(21)31-3)16-25(28)26-19-7-11-23-24(15-19)33-13-12-32-23/h4-11,14-15H,12-13,16H2,1-3H3,(H,26,28). The van der Waals surface area contributed by atoms with E-state index in [1.54, 1.807) is 42.5 Å². The number of nitrogens with one attached hydrogen (secondary N) is 1. The first kappa shape index (κ1) is 23.4. The third kappa shape index (κ3) is 4.94. The van der Waals surface area contributed by atoms with Crippen molar-refractivity contribution in [2.75, 3.05) is 36.5 Å². The monoisotopic (exact) mass is 482 g/mol. The van der Waals surface area contributed by atoms with Crippen LogP contribution < -0.4 is 23.8 Å². The molecule has 34 heavy (non-hydrogen) atoms. The molecule has 0 saturated heterocycles. The lowest BCUT2D eigenvalue weighted by molar-refractivity contribution is -0.114. The number of amides is 1. The van der Waals surface area contributed by atoms with Crippen molar-refractivity contribution in [3.8, 4) is 17.2 Å². The number of hydrogen-bond acceptors (Lipinski definition) is 6. The number of rotatable bonds is 7. The average Bonchev–Trinajstić information content (AvgIpc) is 2.82. The van der Waals surface area contributed by atoms with Gasteiger partial charge in [0, 0.05) is 11.8 Å². The lowest BCUT2D eigenvalue weighted by Gasteiger charge is -2.26. The highest BCUT2D eigenvalue weighted by atomic mass is 32.2. The molecule has 4 rings (SSSR count). The van der Waals surface area contributed by atoms with Crippen molar-refractivity contribution in [2.24, 2.45) is 0 Å². The second-order valence-corrected chi connectivity index (χ2v) is 9.77. The van der Waals surface area contributed by atoms with Gasteiger partial charge in [-0.05, 0) is 55.8 Å². The van der Waals surface area contributed by atoms with Gasteiger partial charge in [0.2, 0.25) is 5.91 Å². The van der Waals surface area contributed by atoms with Crippen LogP contribution in [0.15, 0.2) is 65.6 Å². The number of hydrogen-bond donors (Lipinski definition) is 1. The first-order valence-corrected chi connectivity index (χ1v) is 12.2. The number of sulfonamides is 1. The van der Waals surface area contributed by atoms with Crippen LogP contribution in [-0.2, 0) is 14.8 Å². The molecule has 9 heteroatoms. The fourth-order valence-corrected chi connectivity index (χ4v) is 5.01. The molecular weight excluding hydrogens is 456 g/mol. The number of fused-ring (bicyclic) bond motifs is 1. The first-order chi connectivity index (χ1) is 16.3. The Hall–Kier alpha value is -3.72. The highest BCUT2D eigenvalue weighted by Crippen LogP contribution is 2.35. The van der Waals surface area contributed by atoms with Crippen molar-refractivity contribution in [1.82, 2.24) is 0 Å². The Morgan fingerprint density at radius 2 is 1.62 bits per heavy atom. The van der Waals surface area contributed by atoms with Gasteiger partial charge in [-0.15, -0.1) is 0 Å². The Morgan fingerprint density at radius 3 is 2.32 bits per heavy atom. The summed E-state index contributed by atoms with van der Waals surface area (Å²) in [5, 5.41) is 2.76. The van der Waals surface area contributed by atoms with Gasteiger partial charge in [-0.1, -0.05) is 23.8 Å². The van der Waals surface area contributed by atoms with E-state index in [2.05, 4.69) is 5.32 Å². The maximum absolute atomic E-state index is 13.7. The van der Waals surface area contributed by atoms with Crippen LogP contribution in [0.5, 0.6) is 17.2 Å². The molecule has 1 aliphatic heterocycles. The maximum Gasteiger partial charge on any atom is 0.264 e. The summed E-state index contributed by atoms with van der Waals surface area (Å²) in [5.41, 5.74) is 2.50. The van der Waals surface area contributed by atoms with Crippen LogP contribution >= 0.6 is 0 Å². The number of aryl methyl sites for hydroxylation is 2. The quantitative estimate of drug-likeness (QED) is 0.549. The van der Waals surface area contributed by atoms with Crippen molar-refractivity contribution < 1.29 is 27.4 Å². The van der Waals surface area contributed by atoms with E-state index in [0.717, 1.165) is 15.4 Å². The zero-order valence-electron chi connectivity index (χ0n) is 19.2. The van der Waals surface area contributed by atoms with Crippen molar-refractivity contribution in [3.05, 3.63) is 71.8 Å². The number of carbonyl (C=O) groups excluding carboxylic acids is 1. The molecule has 1 N–H and O–H groups in total. The molecule has 0 fully saturated rings. The predicted molar refractivity (Wildman–Crippen MR) is 130 cm³/mol. The molecule has 1 heterocycles. The lowest BCUT2D eigenvalue weighted by atomic mass is 10.2. The number of carbonyl (C=O) groups is 1. The SMILES string of the molecule is COc1ccc(C)cc1N(CC(=O)Nc1ccc2c(c1)OCCO2)S(=O)(=O)c1ccc(C)cc1. The number of anilines is 2. The smallest absolute Gasteiger partial charge is 0.264 e. The molecule has 8 nitrogen and oxygen atoms in total. The minimum Gasteiger partial charge on any atom is -0.495 e. The number of ether oxygens (including phenoxy) is 3. The normalized spacial score (nSPS) is 12.7. The molecule has 0 atom stereocenters. The van der Waals surface area contributed by atoms with E-state index in [-0.39, 0.29) is 10.6 Å². The third-order valence-electron chi connectivity index (χ3n) is 5.33. The summed E-state index contributed by atoms with van der Waals surface area (Å²) in [6.07, 6.45) is 0. The molecular formula is C25H26N2O6S. The van der Waals surface area contributed by atoms with Gasteiger partial charge in [0.15, 0.2) is 11.5 Å². The van der Waals surface area contributed by atoms with E-state index in [1.165, 1.54) is 19.2 Å². The summed E-state index contributed by atoms with van der Waals surface area (Å²) in [5.74, 6) is 0.940. The second kappa shape index (κ2) is 9.64. The van der Waals surface area contributed by atoms with Gasteiger partial charge < -0.3 is 19.5 Å². The summed E-state index contributed by atoms with van der Waals surface area (Å²) < 4.78 is 44.9. The average molecular weight is 483 g/mol. The largest absolute Gasteiger partial charge is 0.495 e. The van der Waals surface area contributed by atoms with Gasteiger partial charge in [0.1, 0.15) is 25.5 Å². The molecule has 0 bridgehead atoms. The maximum atomic E-state index is 13.7. The zero-order valence-corrected chi connectivity index (χ0v) is 20.0. The number of nitrogens with zero attached hydrogens (tertiary/aromatic N) is 1. The van der Waals surface area contributed by atoms with Crippen molar-refractivity contribution in [1.29, 1.82) is 0 Å². The highest BCUT2D eigenvalue weighted by molar-refractivity contribution is 7.92. The van der Waals surface area contributed by atoms with Gasteiger partial charge in [-0.25, -0.2) is 8.42 Å².